The second-order valence-corrected chi connectivity index (χ2v) is 5.75. The van der Waals surface area contributed by atoms with Crippen LogP contribution in [0.25, 0.3) is 0 Å². The zero-order chi connectivity index (χ0) is 15.5. The Bertz CT molecular complexity index is 510. The molecule has 0 spiro atoms. The summed E-state index contributed by atoms with van der Waals surface area (Å²) in [6, 6.07) is 8.89. The zero-order valence-electron chi connectivity index (χ0n) is 12.6. The first-order chi connectivity index (χ1) is 9.95. The van der Waals surface area contributed by atoms with Gasteiger partial charge in [0.2, 0.25) is 5.91 Å². The van der Waals surface area contributed by atoms with E-state index < -0.39 is 5.60 Å². The molecule has 0 aromatic heterocycles. The van der Waals surface area contributed by atoms with Gasteiger partial charge in [0.05, 0.1) is 25.2 Å². The fourth-order valence-corrected chi connectivity index (χ4v) is 2.64. The molecule has 1 aromatic carbocycles. The van der Waals surface area contributed by atoms with Crippen molar-refractivity contribution < 1.29 is 14.7 Å². The van der Waals surface area contributed by atoms with Crippen molar-refractivity contribution in [2.75, 3.05) is 26.7 Å². The predicted molar refractivity (Wildman–Crippen MR) is 79.8 cm³/mol. The number of benzene rings is 1. The molecule has 1 aliphatic heterocycles. The Labute approximate surface area is 125 Å². The standard InChI is InChI=1S/C16H22N2O3/c1-3-9-16(21)11-18(12-16)14(19)10-17(2)15(20)13-7-5-4-6-8-13/h4-8,21H,3,9-12H2,1-2H3. The van der Waals surface area contributed by atoms with Crippen molar-refractivity contribution >= 4 is 11.8 Å². The van der Waals surface area contributed by atoms with Gasteiger partial charge in [-0.1, -0.05) is 31.5 Å². The summed E-state index contributed by atoms with van der Waals surface area (Å²) in [5, 5.41) is 10.1. The van der Waals surface area contributed by atoms with Crippen LogP contribution >= 0.6 is 0 Å². The number of amides is 2. The van der Waals surface area contributed by atoms with Crippen molar-refractivity contribution in [3.63, 3.8) is 0 Å². The van der Waals surface area contributed by atoms with E-state index in [1.807, 2.05) is 13.0 Å². The lowest BCUT2D eigenvalue weighted by Gasteiger charge is -2.46. The molecule has 0 unspecified atom stereocenters. The second-order valence-electron chi connectivity index (χ2n) is 5.75. The SMILES string of the molecule is CCCC1(O)CN(C(=O)CN(C)C(=O)c2ccccc2)C1. The Kier molecular flexibility index (Phi) is 4.63. The zero-order valence-corrected chi connectivity index (χ0v) is 12.6. The minimum atomic E-state index is -0.730. The van der Waals surface area contributed by atoms with E-state index >= 15 is 0 Å². The summed E-state index contributed by atoms with van der Waals surface area (Å²) in [6.45, 7) is 2.78. The van der Waals surface area contributed by atoms with Gasteiger partial charge in [-0.25, -0.2) is 0 Å². The average Bonchev–Trinajstić information content (AvgIpc) is 2.44. The van der Waals surface area contributed by atoms with E-state index in [4.69, 9.17) is 0 Å². The van der Waals surface area contributed by atoms with E-state index in [9.17, 15) is 14.7 Å². The molecular formula is C16H22N2O3. The van der Waals surface area contributed by atoms with Gasteiger partial charge >= 0.3 is 0 Å². The Morgan fingerprint density at radius 2 is 1.90 bits per heavy atom. The highest BCUT2D eigenvalue weighted by atomic mass is 16.3. The molecule has 1 heterocycles. The molecule has 5 heteroatoms. The lowest BCUT2D eigenvalue weighted by Crippen LogP contribution is -2.64. The van der Waals surface area contributed by atoms with Crippen molar-refractivity contribution in [3.8, 4) is 0 Å². The molecule has 0 bridgehead atoms. The average molecular weight is 290 g/mol. The number of nitrogens with zero attached hydrogens (tertiary/aromatic N) is 2. The number of carbonyl (C=O) groups is 2. The van der Waals surface area contributed by atoms with Crippen LogP contribution in [0.4, 0.5) is 0 Å². The highest BCUT2D eigenvalue weighted by Crippen LogP contribution is 2.25. The number of carbonyl (C=O) groups excluding carboxylic acids is 2. The van der Waals surface area contributed by atoms with E-state index in [1.165, 1.54) is 4.90 Å². The highest BCUT2D eigenvalue weighted by Gasteiger charge is 2.42. The van der Waals surface area contributed by atoms with E-state index in [0.29, 0.717) is 25.1 Å². The van der Waals surface area contributed by atoms with Crippen LogP contribution in [0.15, 0.2) is 30.3 Å². The molecule has 2 amide bonds. The maximum absolute atomic E-state index is 12.1. The monoisotopic (exact) mass is 290 g/mol. The molecule has 0 aliphatic carbocycles. The fourth-order valence-electron chi connectivity index (χ4n) is 2.64. The first-order valence-corrected chi connectivity index (χ1v) is 7.26. The summed E-state index contributed by atoms with van der Waals surface area (Å²) in [6.07, 6.45) is 1.60. The van der Waals surface area contributed by atoms with Gasteiger partial charge in [0.25, 0.3) is 5.91 Å². The van der Waals surface area contributed by atoms with Crippen LogP contribution in [0.3, 0.4) is 0 Å². The summed E-state index contributed by atoms with van der Waals surface area (Å²) in [7, 11) is 1.62. The fraction of sp³-hybridized carbons (Fsp3) is 0.500. The first-order valence-electron chi connectivity index (χ1n) is 7.26. The molecule has 114 valence electrons. The van der Waals surface area contributed by atoms with Crippen LogP contribution in [-0.2, 0) is 4.79 Å². The number of likely N-dealkylation sites (tertiary alicyclic amines) is 1. The number of hydrogen-bond acceptors (Lipinski definition) is 3. The van der Waals surface area contributed by atoms with Gasteiger partial charge < -0.3 is 14.9 Å². The lowest BCUT2D eigenvalue weighted by molar-refractivity contribution is -0.156. The van der Waals surface area contributed by atoms with Crippen LogP contribution in [0, 0.1) is 0 Å². The Hall–Kier alpha value is -1.88. The van der Waals surface area contributed by atoms with Gasteiger partial charge in [-0.05, 0) is 18.6 Å². The second kappa shape index (κ2) is 6.26. The molecule has 1 aliphatic rings. The quantitative estimate of drug-likeness (QED) is 0.884. The highest BCUT2D eigenvalue weighted by molar-refractivity contribution is 5.96. The summed E-state index contributed by atoms with van der Waals surface area (Å²) in [5.41, 5.74) is -0.161. The smallest absolute Gasteiger partial charge is 0.254 e. The van der Waals surface area contributed by atoms with Crippen molar-refractivity contribution in [1.82, 2.24) is 9.80 Å². The third-order valence-corrected chi connectivity index (χ3v) is 3.78. The van der Waals surface area contributed by atoms with E-state index in [-0.39, 0.29) is 18.4 Å². The van der Waals surface area contributed by atoms with Crippen LogP contribution in [0.1, 0.15) is 30.1 Å². The molecule has 2 rings (SSSR count). The van der Waals surface area contributed by atoms with E-state index in [0.717, 1.165) is 6.42 Å². The number of aliphatic hydroxyl groups is 1. The molecule has 21 heavy (non-hydrogen) atoms. The van der Waals surface area contributed by atoms with Crippen LogP contribution in [0.2, 0.25) is 0 Å². The van der Waals surface area contributed by atoms with Crippen molar-refractivity contribution in [2.24, 2.45) is 0 Å². The molecule has 1 fully saturated rings. The Balaban J connectivity index is 1.85. The molecule has 1 saturated heterocycles. The van der Waals surface area contributed by atoms with Gasteiger partial charge in [-0.2, -0.15) is 0 Å². The number of rotatable bonds is 5. The van der Waals surface area contributed by atoms with Gasteiger partial charge in [-0.15, -0.1) is 0 Å². The molecule has 1 aromatic rings. The number of hydrogen-bond donors (Lipinski definition) is 1. The molecule has 0 atom stereocenters. The molecule has 1 N–H and O–H groups in total. The third-order valence-electron chi connectivity index (χ3n) is 3.78. The van der Waals surface area contributed by atoms with E-state index in [1.54, 1.807) is 36.2 Å². The summed E-state index contributed by atoms with van der Waals surface area (Å²) in [4.78, 5) is 27.2. The molecular weight excluding hydrogens is 268 g/mol. The number of β-amino-alcohol motifs (C(OH)–C–C–N with tert-alkyl or cyclic N) is 1. The van der Waals surface area contributed by atoms with E-state index in [2.05, 4.69) is 0 Å². The molecule has 5 nitrogen and oxygen atoms in total. The van der Waals surface area contributed by atoms with Gasteiger partial charge in [0.15, 0.2) is 0 Å². The largest absolute Gasteiger partial charge is 0.386 e. The van der Waals surface area contributed by atoms with Crippen molar-refractivity contribution in [1.29, 1.82) is 0 Å². The minimum Gasteiger partial charge on any atom is -0.386 e. The summed E-state index contributed by atoms with van der Waals surface area (Å²) < 4.78 is 0. The van der Waals surface area contributed by atoms with Crippen molar-refractivity contribution in [3.05, 3.63) is 35.9 Å². The number of likely N-dealkylation sites (N-methyl/N-ethyl adjacent to an activating group) is 1. The minimum absolute atomic E-state index is 0.0376. The summed E-state index contributed by atoms with van der Waals surface area (Å²) in [5.74, 6) is -0.296. The first kappa shape index (κ1) is 15.5. The normalized spacial score (nSPS) is 16.2. The lowest BCUT2D eigenvalue weighted by atomic mass is 9.89. The molecule has 0 radical (unpaired) electrons. The van der Waals surface area contributed by atoms with Crippen LogP contribution in [0.5, 0.6) is 0 Å². The van der Waals surface area contributed by atoms with Crippen molar-refractivity contribution in [2.45, 2.75) is 25.4 Å². The van der Waals surface area contributed by atoms with Gasteiger partial charge in [0.1, 0.15) is 0 Å². The maximum Gasteiger partial charge on any atom is 0.254 e. The Morgan fingerprint density at radius 3 is 2.48 bits per heavy atom. The third kappa shape index (κ3) is 3.61. The van der Waals surface area contributed by atoms with Gasteiger partial charge in [-0.3, -0.25) is 9.59 Å². The van der Waals surface area contributed by atoms with Crippen LogP contribution in [-0.4, -0.2) is 59.0 Å². The summed E-state index contributed by atoms with van der Waals surface area (Å²) >= 11 is 0. The Morgan fingerprint density at radius 1 is 1.29 bits per heavy atom. The van der Waals surface area contributed by atoms with Crippen LogP contribution < -0.4 is 0 Å². The van der Waals surface area contributed by atoms with Gasteiger partial charge in [0, 0.05) is 12.6 Å². The molecule has 0 saturated carbocycles. The topological polar surface area (TPSA) is 60.9 Å². The predicted octanol–water partition coefficient (Wildman–Crippen LogP) is 1.13. The maximum atomic E-state index is 12.1.